The highest BCUT2D eigenvalue weighted by Crippen LogP contribution is 2.29. The number of aromatic hydroxyl groups is 1. The number of phenolic OH excluding ortho intramolecular Hbond substituents is 1. The smallest absolute Gasteiger partial charge is 0.116 e. The van der Waals surface area contributed by atoms with E-state index in [9.17, 15) is 5.11 Å². The van der Waals surface area contributed by atoms with Gasteiger partial charge in [0, 0.05) is 22.6 Å². The van der Waals surface area contributed by atoms with E-state index < -0.39 is 0 Å². The Morgan fingerprint density at radius 2 is 1.80 bits per heavy atom. The van der Waals surface area contributed by atoms with Crippen molar-refractivity contribution in [3.05, 3.63) is 63.6 Å². The summed E-state index contributed by atoms with van der Waals surface area (Å²) in [5.74, 6) is 0.225. The molecule has 4 heteroatoms. The minimum Gasteiger partial charge on any atom is -0.508 e. The van der Waals surface area contributed by atoms with Crippen molar-refractivity contribution in [2.45, 2.75) is 19.5 Å². The third-order valence-corrected chi connectivity index (χ3v) is 4.18. The molecule has 0 aromatic heterocycles. The maximum absolute atomic E-state index is 9.55. The summed E-state index contributed by atoms with van der Waals surface area (Å²) in [6.07, 6.45) is 0. The molecule has 0 aliphatic carbocycles. The predicted octanol–water partition coefficient (Wildman–Crippen LogP) is 4.89. The molecular weight excluding hydrogens is 293 g/mol. The van der Waals surface area contributed by atoms with Gasteiger partial charge in [-0.2, -0.15) is 0 Å². The monoisotopic (exact) mass is 309 g/mol. The van der Waals surface area contributed by atoms with Crippen LogP contribution in [0.4, 0.5) is 0 Å². The van der Waals surface area contributed by atoms with Gasteiger partial charge in [-0.25, -0.2) is 0 Å². The molecular formula is C16H17Cl2NO. The van der Waals surface area contributed by atoms with Crippen LogP contribution in [0.3, 0.4) is 0 Å². The van der Waals surface area contributed by atoms with E-state index in [1.807, 2.05) is 31.3 Å². The summed E-state index contributed by atoms with van der Waals surface area (Å²) in [7, 11) is 2.01. The van der Waals surface area contributed by atoms with Crippen molar-refractivity contribution in [1.82, 2.24) is 4.90 Å². The topological polar surface area (TPSA) is 23.5 Å². The van der Waals surface area contributed by atoms with E-state index in [0.29, 0.717) is 11.6 Å². The van der Waals surface area contributed by atoms with Crippen LogP contribution in [-0.2, 0) is 6.54 Å². The zero-order valence-corrected chi connectivity index (χ0v) is 13.0. The van der Waals surface area contributed by atoms with Gasteiger partial charge in [0.25, 0.3) is 0 Å². The van der Waals surface area contributed by atoms with Crippen molar-refractivity contribution in [3.8, 4) is 5.75 Å². The molecule has 20 heavy (non-hydrogen) atoms. The molecule has 0 spiro atoms. The molecule has 0 aliphatic rings. The normalized spacial score (nSPS) is 12.7. The fourth-order valence-corrected chi connectivity index (χ4v) is 2.61. The Morgan fingerprint density at radius 1 is 1.10 bits per heavy atom. The largest absolute Gasteiger partial charge is 0.508 e. The van der Waals surface area contributed by atoms with E-state index in [-0.39, 0.29) is 11.8 Å². The summed E-state index contributed by atoms with van der Waals surface area (Å²) >= 11 is 12.4. The summed E-state index contributed by atoms with van der Waals surface area (Å²) < 4.78 is 0. The molecule has 0 saturated carbocycles. The Kier molecular flexibility index (Phi) is 4.92. The molecule has 0 saturated heterocycles. The third-order valence-electron chi connectivity index (χ3n) is 3.47. The van der Waals surface area contributed by atoms with Crippen molar-refractivity contribution >= 4 is 23.2 Å². The fourth-order valence-electron chi connectivity index (χ4n) is 2.14. The number of hydrogen-bond acceptors (Lipinski definition) is 2. The second-order valence-electron chi connectivity index (χ2n) is 4.89. The van der Waals surface area contributed by atoms with Crippen molar-refractivity contribution in [2.75, 3.05) is 7.05 Å². The van der Waals surface area contributed by atoms with Crippen molar-refractivity contribution in [1.29, 1.82) is 0 Å². The lowest BCUT2D eigenvalue weighted by Crippen LogP contribution is -2.22. The van der Waals surface area contributed by atoms with Crippen LogP contribution >= 0.6 is 23.2 Å². The van der Waals surface area contributed by atoms with E-state index in [0.717, 1.165) is 16.1 Å². The summed E-state index contributed by atoms with van der Waals surface area (Å²) in [5.41, 5.74) is 1.97. The Balaban J connectivity index is 2.17. The van der Waals surface area contributed by atoms with E-state index >= 15 is 0 Å². The van der Waals surface area contributed by atoms with E-state index in [1.54, 1.807) is 18.2 Å². The number of hydrogen-bond donors (Lipinski definition) is 1. The molecule has 0 heterocycles. The second kappa shape index (κ2) is 6.49. The van der Waals surface area contributed by atoms with Crippen LogP contribution in [-0.4, -0.2) is 17.1 Å². The van der Waals surface area contributed by atoms with Crippen LogP contribution in [0.2, 0.25) is 10.0 Å². The van der Waals surface area contributed by atoms with E-state index in [1.165, 1.54) is 0 Å². The highest BCUT2D eigenvalue weighted by atomic mass is 35.5. The summed E-state index contributed by atoms with van der Waals surface area (Å²) in [4.78, 5) is 2.14. The zero-order valence-electron chi connectivity index (χ0n) is 11.5. The van der Waals surface area contributed by atoms with Gasteiger partial charge in [0.1, 0.15) is 5.75 Å². The Morgan fingerprint density at radius 3 is 2.50 bits per heavy atom. The lowest BCUT2D eigenvalue weighted by molar-refractivity contribution is 0.253. The van der Waals surface area contributed by atoms with Gasteiger partial charge in [0.05, 0.1) is 0 Å². The number of rotatable bonds is 4. The molecule has 0 aliphatic heterocycles. The van der Waals surface area contributed by atoms with E-state index in [2.05, 4.69) is 11.8 Å². The summed E-state index contributed by atoms with van der Waals surface area (Å²) in [6.45, 7) is 2.73. The Labute approximate surface area is 129 Å². The zero-order chi connectivity index (χ0) is 14.7. The molecule has 2 aromatic rings. The summed E-state index contributed by atoms with van der Waals surface area (Å²) in [5, 5.41) is 11.0. The van der Waals surface area contributed by atoms with Gasteiger partial charge in [-0.15, -0.1) is 0 Å². The minimum absolute atomic E-state index is 0.155. The molecule has 0 amide bonds. The van der Waals surface area contributed by atoms with Crippen LogP contribution in [0.1, 0.15) is 24.1 Å². The molecule has 1 N–H and O–H groups in total. The number of benzene rings is 2. The van der Waals surface area contributed by atoms with Gasteiger partial charge >= 0.3 is 0 Å². The van der Waals surface area contributed by atoms with Gasteiger partial charge < -0.3 is 5.11 Å². The number of phenols is 1. The number of nitrogens with zero attached hydrogens (tertiary/aromatic N) is 1. The van der Waals surface area contributed by atoms with Crippen molar-refractivity contribution in [2.24, 2.45) is 0 Å². The van der Waals surface area contributed by atoms with Gasteiger partial charge in [0.2, 0.25) is 0 Å². The van der Waals surface area contributed by atoms with Crippen LogP contribution in [0.5, 0.6) is 5.75 Å². The van der Waals surface area contributed by atoms with Crippen molar-refractivity contribution < 1.29 is 5.11 Å². The fraction of sp³-hybridized carbons (Fsp3) is 0.250. The van der Waals surface area contributed by atoms with Crippen LogP contribution < -0.4 is 0 Å². The molecule has 1 unspecified atom stereocenters. The molecule has 1 atom stereocenters. The van der Waals surface area contributed by atoms with Crippen LogP contribution in [0.25, 0.3) is 0 Å². The minimum atomic E-state index is 0.155. The average Bonchev–Trinajstić information content (AvgIpc) is 2.42. The third kappa shape index (κ3) is 3.45. The quantitative estimate of drug-likeness (QED) is 0.869. The second-order valence-corrected chi connectivity index (χ2v) is 5.70. The predicted molar refractivity (Wildman–Crippen MR) is 84.5 cm³/mol. The first-order valence-corrected chi connectivity index (χ1v) is 7.16. The maximum atomic E-state index is 9.55. The highest BCUT2D eigenvalue weighted by Gasteiger charge is 2.15. The van der Waals surface area contributed by atoms with Crippen molar-refractivity contribution in [3.63, 3.8) is 0 Å². The number of halogens is 2. The SMILES string of the molecule is CC(c1ccccc1Cl)N(C)Cc1cc(O)ccc1Cl. The Hall–Kier alpha value is -1.22. The molecule has 2 aromatic carbocycles. The van der Waals surface area contributed by atoms with E-state index in [4.69, 9.17) is 23.2 Å². The molecule has 2 nitrogen and oxygen atoms in total. The maximum Gasteiger partial charge on any atom is 0.116 e. The first-order valence-electron chi connectivity index (χ1n) is 6.41. The van der Waals surface area contributed by atoms with Crippen LogP contribution in [0, 0.1) is 0 Å². The first-order chi connectivity index (χ1) is 9.49. The first kappa shape index (κ1) is 15.2. The lowest BCUT2D eigenvalue weighted by Gasteiger charge is -2.26. The standard InChI is InChI=1S/C16H17Cl2NO/c1-11(14-5-3-4-6-16(14)18)19(2)10-12-9-13(20)7-8-15(12)17/h3-9,11,20H,10H2,1-2H3. The summed E-state index contributed by atoms with van der Waals surface area (Å²) in [6, 6.07) is 13.0. The molecule has 0 bridgehead atoms. The average molecular weight is 310 g/mol. The highest BCUT2D eigenvalue weighted by molar-refractivity contribution is 6.31. The molecule has 2 rings (SSSR count). The molecule has 0 radical (unpaired) electrons. The van der Waals surface area contributed by atoms with Gasteiger partial charge in [0.15, 0.2) is 0 Å². The Bertz CT molecular complexity index is 601. The van der Waals surface area contributed by atoms with Gasteiger partial charge in [-0.3, -0.25) is 4.90 Å². The van der Waals surface area contributed by atoms with Gasteiger partial charge in [-0.05, 0) is 49.4 Å². The molecule has 106 valence electrons. The molecule has 0 fully saturated rings. The van der Waals surface area contributed by atoms with Crippen LogP contribution in [0.15, 0.2) is 42.5 Å². The lowest BCUT2D eigenvalue weighted by atomic mass is 10.1. The van der Waals surface area contributed by atoms with Gasteiger partial charge in [-0.1, -0.05) is 41.4 Å².